The molecular weight excluding hydrogens is 359 g/mol. The van der Waals surface area contributed by atoms with E-state index in [1.54, 1.807) is 0 Å². The Morgan fingerprint density at radius 2 is 2.21 bits per heavy atom. The van der Waals surface area contributed by atoms with Gasteiger partial charge in [-0.3, -0.25) is 0 Å². The van der Waals surface area contributed by atoms with E-state index < -0.39 is 0 Å². The average molecular weight is 369 g/mol. The standard InChI is InChI=1S/C10H10BrIO2/c1-6(11)7-4-3-5-8(12)9(7)10(13)14-2/h3-6H,1-2H3. The molecule has 0 radical (unpaired) electrons. The molecule has 1 aromatic carbocycles. The molecule has 0 saturated carbocycles. The number of esters is 1. The van der Waals surface area contributed by atoms with Crippen molar-refractivity contribution < 1.29 is 9.53 Å². The van der Waals surface area contributed by atoms with Crippen LogP contribution in [-0.2, 0) is 4.74 Å². The van der Waals surface area contributed by atoms with Crippen LogP contribution in [0.15, 0.2) is 18.2 Å². The highest BCUT2D eigenvalue weighted by atomic mass is 127. The molecule has 76 valence electrons. The van der Waals surface area contributed by atoms with E-state index in [9.17, 15) is 4.79 Å². The van der Waals surface area contributed by atoms with Gasteiger partial charge in [-0.25, -0.2) is 4.79 Å². The van der Waals surface area contributed by atoms with Crippen molar-refractivity contribution in [2.75, 3.05) is 7.11 Å². The molecule has 0 aliphatic rings. The number of halogens is 2. The summed E-state index contributed by atoms with van der Waals surface area (Å²) in [6, 6.07) is 5.75. The first kappa shape index (κ1) is 12.0. The fourth-order valence-electron chi connectivity index (χ4n) is 1.19. The van der Waals surface area contributed by atoms with E-state index in [0.717, 1.165) is 9.13 Å². The maximum atomic E-state index is 11.5. The van der Waals surface area contributed by atoms with Gasteiger partial charge in [0.15, 0.2) is 0 Å². The number of ether oxygens (including phenoxy) is 1. The number of methoxy groups -OCH3 is 1. The van der Waals surface area contributed by atoms with E-state index in [0.29, 0.717) is 5.56 Å². The van der Waals surface area contributed by atoms with Crippen molar-refractivity contribution in [2.24, 2.45) is 0 Å². The van der Waals surface area contributed by atoms with Gasteiger partial charge in [-0.05, 0) is 41.1 Å². The Bertz CT molecular complexity index is 350. The third-order valence-corrected chi connectivity index (χ3v) is 3.26. The number of carbonyl (C=O) groups is 1. The third kappa shape index (κ3) is 2.48. The quantitative estimate of drug-likeness (QED) is 0.453. The third-order valence-electron chi connectivity index (χ3n) is 1.86. The maximum absolute atomic E-state index is 11.5. The molecule has 0 heterocycles. The van der Waals surface area contributed by atoms with Gasteiger partial charge in [0.1, 0.15) is 0 Å². The molecule has 1 unspecified atom stereocenters. The largest absolute Gasteiger partial charge is 0.465 e. The Labute approximate surface area is 105 Å². The molecule has 0 bridgehead atoms. The van der Waals surface area contributed by atoms with Crippen LogP contribution >= 0.6 is 38.5 Å². The lowest BCUT2D eigenvalue weighted by atomic mass is 10.1. The number of hydrogen-bond donors (Lipinski definition) is 0. The van der Waals surface area contributed by atoms with Crippen LogP contribution in [0.4, 0.5) is 0 Å². The van der Waals surface area contributed by atoms with E-state index in [4.69, 9.17) is 4.74 Å². The summed E-state index contributed by atoms with van der Waals surface area (Å²) in [5.74, 6) is -0.281. The summed E-state index contributed by atoms with van der Waals surface area (Å²) < 4.78 is 5.66. The summed E-state index contributed by atoms with van der Waals surface area (Å²) in [7, 11) is 1.40. The number of benzene rings is 1. The van der Waals surface area contributed by atoms with Crippen LogP contribution in [0.25, 0.3) is 0 Å². The van der Waals surface area contributed by atoms with E-state index in [1.165, 1.54) is 7.11 Å². The summed E-state index contributed by atoms with van der Waals surface area (Å²) in [5.41, 5.74) is 1.61. The molecule has 4 heteroatoms. The molecule has 0 aromatic heterocycles. The molecule has 0 spiro atoms. The van der Waals surface area contributed by atoms with Gasteiger partial charge in [0.2, 0.25) is 0 Å². The maximum Gasteiger partial charge on any atom is 0.339 e. The molecule has 0 aliphatic carbocycles. The second-order valence-corrected chi connectivity index (χ2v) is 5.35. The molecule has 0 fully saturated rings. The highest BCUT2D eigenvalue weighted by molar-refractivity contribution is 14.1. The fourth-order valence-corrected chi connectivity index (χ4v) is 2.31. The topological polar surface area (TPSA) is 26.3 Å². The van der Waals surface area contributed by atoms with E-state index in [-0.39, 0.29) is 10.8 Å². The minimum atomic E-state index is -0.281. The lowest BCUT2D eigenvalue weighted by molar-refractivity contribution is 0.0598. The van der Waals surface area contributed by atoms with Crippen LogP contribution in [0, 0.1) is 3.57 Å². The molecule has 0 aliphatic heterocycles. The van der Waals surface area contributed by atoms with Gasteiger partial charge < -0.3 is 4.74 Å². The summed E-state index contributed by atoms with van der Waals surface area (Å²) >= 11 is 5.59. The molecule has 1 atom stereocenters. The predicted octanol–water partition coefficient (Wildman–Crippen LogP) is 3.53. The van der Waals surface area contributed by atoms with Crippen molar-refractivity contribution in [1.29, 1.82) is 0 Å². The number of alkyl halides is 1. The highest BCUT2D eigenvalue weighted by Gasteiger charge is 2.17. The van der Waals surface area contributed by atoms with Crippen LogP contribution in [0.1, 0.15) is 27.7 Å². The van der Waals surface area contributed by atoms with Crippen LogP contribution < -0.4 is 0 Å². The second-order valence-electron chi connectivity index (χ2n) is 2.81. The van der Waals surface area contributed by atoms with Gasteiger partial charge in [0.25, 0.3) is 0 Å². The fraction of sp³-hybridized carbons (Fsp3) is 0.300. The van der Waals surface area contributed by atoms with Crippen LogP contribution in [0.2, 0.25) is 0 Å². The van der Waals surface area contributed by atoms with E-state index in [2.05, 4.69) is 38.5 Å². The molecular formula is C10H10BrIO2. The lowest BCUT2D eigenvalue weighted by Crippen LogP contribution is -2.08. The highest BCUT2D eigenvalue weighted by Crippen LogP contribution is 2.28. The first-order valence-corrected chi connectivity index (χ1v) is 6.08. The van der Waals surface area contributed by atoms with Crippen LogP contribution in [0.3, 0.4) is 0 Å². The zero-order chi connectivity index (χ0) is 10.7. The Morgan fingerprint density at radius 1 is 1.57 bits per heavy atom. The Morgan fingerprint density at radius 3 is 2.71 bits per heavy atom. The molecule has 2 nitrogen and oxygen atoms in total. The van der Waals surface area contributed by atoms with Gasteiger partial charge in [-0.15, -0.1) is 0 Å². The molecule has 0 saturated heterocycles. The van der Waals surface area contributed by atoms with Crippen LogP contribution in [-0.4, -0.2) is 13.1 Å². The Kier molecular flexibility index (Phi) is 4.37. The SMILES string of the molecule is COC(=O)c1c(I)cccc1C(C)Br. The molecule has 1 aromatic rings. The number of rotatable bonds is 2. The molecule has 0 N–H and O–H groups in total. The molecule has 14 heavy (non-hydrogen) atoms. The zero-order valence-corrected chi connectivity index (χ0v) is 11.6. The summed E-state index contributed by atoms with van der Waals surface area (Å²) in [6.45, 7) is 1.98. The van der Waals surface area contributed by atoms with Gasteiger partial charge >= 0.3 is 5.97 Å². The Hall–Kier alpha value is -0.100. The summed E-state index contributed by atoms with van der Waals surface area (Å²) in [5, 5.41) is 0. The van der Waals surface area contributed by atoms with Gasteiger partial charge in [0, 0.05) is 8.40 Å². The number of carbonyl (C=O) groups excluding carboxylic acids is 1. The van der Waals surface area contributed by atoms with Crippen molar-refractivity contribution in [1.82, 2.24) is 0 Å². The smallest absolute Gasteiger partial charge is 0.339 e. The summed E-state index contributed by atoms with van der Waals surface area (Å²) in [6.07, 6.45) is 0. The lowest BCUT2D eigenvalue weighted by Gasteiger charge is -2.11. The van der Waals surface area contributed by atoms with Gasteiger partial charge in [-0.2, -0.15) is 0 Å². The van der Waals surface area contributed by atoms with E-state index >= 15 is 0 Å². The first-order chi connectivity index (χ1) is 6.57. The summed E-state index contributed by atoms with van der Waals surface area (Å²) in [4.78, 5) is 11.7. The first-order valence-electron chi connectivity index (χ1n) is 4.08. The number of hydrogen-bond acceptors (Lipinski definition) is 2. The monoisotopic (exact) mass is 368 g/mol. The molecule has 0 amide bonds. The normalized spacial score (nSPS) is 12.3. The van der Waals surface area contributed by atoms with Crippen molar-refractivity contribution in [3.8, 4) is 0 Å². The van der Waals surface area contributed by atoms with Gasteiger partial charge in [0.05, 0.1) is 12.7 Å². The van der Waals surface area contributed by atoms with Gasteiger partial charge in [-0.1, -0.05) is 28.1 Å². The second kappa shape index (κ2) is 5.11. The van der Waals surface area contributed by atoms with E-state index in [1.807, 2.05) is 25.1 Å². The van der Waals surface area contributed by atoms with Crippen molar-refractivity contribution in [3.63, 3.8) is 0 Å². The van der Waals surface area contributed by atoms with Crippen molar-refractivity contribution in [3.05, 3.63) is 32.9 Å². The molecule has 1 rings (SSSR count). The minimum absolute atomic E-state index is 0.145. The average Bonchev–Trinajstić information content (AvgIpc) is 2.16. The Balaban J connectivity index is 3.29. The zero-order valence-electron chi connectivity index (χ0n) is 7.88. The van der Waals surface area contributed by atoms with Crippen LogP contribution in [0.5, 0.6) is 0 Å². The predicted molar refractivity (Wildman–Crippen MR) is 67.8 cm³/mol. The van der Waals surface area contributed by atoms with Crippen molar-refractivity contribution >= 4 is 44.5 Å². The minimum Gasteiger partial charge on any atom is -0.465 e. The van der Waals surface area contributed by atoms with Crippen molar-refractivity contribution in [2.45, 2.75) is 11.8 Å².